The van der Waals surface area contributed by atoms with Crippen molar-refractivity contribution in [1.82, 2.24) is 10.2 Å². The maximum Gasteiger partial charge on any atom is 0.251 e. The lowest BCUT2D eigenvalue weighted by atomic mass is 9.52. The summed E-state index contributed by atoms with van der Waals surface area (Å²) in [5.41, 5.74) is 1.50. The normalized spacial score (nSPS) is 34.3. The molecule has 2 N–H and O–H groups in total. The van der Waals surface area contributed by atoms with E-state index in [1.807, 2.05) is 24.3 Å². The Balaban J connectivity index is 1.07. The van der Waals surface area contributed by atoms with Gasteiger partial charge in [0.2, 0.25) is 0 Å². The number of nitrogens with zero attached hydrogens (tertiary/aromatic N) is 1. The number of benzene rings is 1. The molecule has 1 aliphatic heterocycles. The molecule has 5 heteroatoms. The molecule has 5 rings (SSSR count). The van der Waals surface area contributed by atoms with Crippen LogP contribution in [0.25, 0.3) is 0 Å². The average Bonchev–Trinajstić information content (AvgIpc) is 2.67. The second-order valence-corrected chi connectivity index (χ2v) is 12.6. The minimum atomic E-state index is -0.0869. The summed E-state index contributed by atoms with van der Waals surface area (Å²) >= 11 is 0. The lowest BCUT2D eigenvalue weighted by Crippen LogP contribution is -2.63. The lowest BCUT2D eigenvalue weighted by Gasteiger charge is -2.60. The maximum atomic E-state index is 12.8. The van der Waals surface area contributed by atoms with Crippen molar-refractivity contribution in [3.05, 3.63) is 29.8 Å². The van der Waals surface area contributed by atoms with E-state index in [4.69, 9.17) is 4.74 Å². The number of aliphatic hydroxyl groups excluding tert-OH is 1. The Hall–Kier alpha value is -1.59. The predicted molar refractivity (Wildman–Crippen MR) is 126 cm³/mol. The summed E-state index contributed by atoms with van der Waals surface area (Å²) in [6.07, 6.45) is 8.07. The number of hydrogen-bond donors (Lipinski definition) is 2. The van der Waals surface area contributed by atoms with Gasteiger partial charge in [-0.3, -0.25) is 4.79 Å². The van der Waals surface area contributed by atoms with Crippen LogP contribution in [0.1, 0.15) is 83.0 Å². The van der Waals surface area contributed by atoms with Crippen LogP contribution >= 0.6 is 0 Å². The third kappa shape index (κ3) is 4.07. The minimum absolute atomic E-state index is 0.00994. The SMILES string of the molecule is CC1(C)CC(C)(C)C1NC(=O)c1ccc(OC2CC3(C2)CC(N2CCC(O)CC2)C3)cc1. The van der Waals surface area contributed by atoms with Crippen LogP contribution in [0.3, 0.4) is 0 Å². The fraction of sp³-hybridized carbons (Fsp3) is 0.741. The number of nitrogens with one attached hydrogen (secondary N) is 1. The van der Waals surface area contributed by atoms with E-state index in [1.165, 1.54) is 12.8 Å². The van der Waals surface area contributed by atoms with Crippen molar-refractivity contribution in [2.75, 3.05) is 13.1 Å². The third-order valence-electron chi connectivity index (χ3n) is 8.84. The Kier molecular flexibility index (Phi) is 5.37. The quantitative estimate of drug-likeness (QED) is 0.713. The molecule has 1 saturated heterocycles. The molecule has 32 heavy (non-hydrogen) atoms. The first-order valence-corrected chi connectivity index (χ1v) is 12.6. The van der Waals surface area contributed by atoms with Crippen LogP contribution in [-0.2, 0) is 0 Å². The number of piperidine rings is 1. The molecule has 0 bridgehead atoms. The summed E-state index contributed by atoms with van der Waals surface area (Å²) in [6.45, 7) is 11.0. The summed E-state index contributed by atoms with van der Waals surface area (Å²) in [5.74, 6) is 0.877. The van der Waals surface area contributed by atoms with Gasteiger partial charge in [-0.15, -0.1) is 0 Å². The van der Waals surface area contributed by atoms with E-state index >= 15 is 0 Å². The third-order valence-corrected chi connectivity index (χ3v) is 8.84. The summed E-state index contributed by atoms with van der Waals surface area (Å²) in [4.78, 5) is 15.4. The minimum Gasteiger partial charge on any atom is -0.490 e. The standard InChI is InChI=1S/C27H40N2O3/c1-25(2)17-26(3,4)24(25)28-23(31)18-5-7-21(8-6-18)32-22-15-27(16-22)13-19(14-27)29-11-9-20(30)10-12-29/h5-8,19-20,22,24,30H,9-17H2,1-4H3,(H,28,31). The van der Waals surface area contributed by atoms with Gasteiger partial charge >= 0.3 is 0 Å². The number of hydrogen-bond acceptors (Lipinski definition) is 4. The first-order chi connectivity index (χ1) is 15.1. The summed E-state index contributed by atoms with van der Waals surface area (Å²) in [7, 11) is 0. The molecule has 0 unspecified atom stereocenters. The molecule has 1 spiro atoms. The summed E-state index contributed by atoms with van der Waals surface area (Å²) in [6, 6.07) is 8.58. The van der Waals surface area contributed by atoms with E-state index in [2.05, 4.69) is 37.9 Å². The number of rotatable bonds is 5. The van der Waals surface area contributed by atoms with Gasteiger partial charge in [-0.25, -0.2) is 0 Å². The Labute approximate surface area is 192 Å². The zero-order valence-corrected chi connectivity index (χ0v) is 20.2. The molecule has 4 aliphatic rings. The monoisotopic (exact) mass is 440 g/mol. The van der Waals surface area contributed by atoms with E-state index in [0.717, 1.165) is 50.9 Å². The van der Waals surface area contributed by atoms with Crippen LogP contribution in [0.2, 0.25) is 0 Å². The van der Waals surface area contributed by atoms with Gasteiger partial charge in [0.25, 0.3) is 5.91 Å². The van der Waals surface area contributed by atoms with Gasteiger partial charge in [-0.2, -0.15) is 0 Å². The molecular formula is C27H40N2O3. The topological polar surface area (TPSA) is 61.8 Å². The van der Waals surface area contributed by atoms with E-state index in [9.17, 15) is 9.90 Å². The predicted octanol–water partition coefficient (Wildman–Crippen LogP) is 4.39. The molecule has 1 aromatic carbocycles. The van der Waals surface area contributed by atoms with Crippen molar-refractivity contribution in [2.45, 2.75) is 96.9 Å². The second-order valence-electron chi connectivity index (χ2n) is 12.6. The van der Waals surface area contributed by atoms with Gasteiger partial charge < -0.3 is 20.1 Å². The molecule has 5 nitrogen and oxygen atoms in total. The molecule has 3 aliphatic carbocycles. The highest BCUT2D eigenvalue weighted by Gasteiger charge is 2.55. The van der Waals surface area contributed by atoms with Gasteiger partial charge in [-0.1, -0.05) is 27.7 Å². The highest BCUT2D eigenvalue weighted by molar-refractivity contribution is 5.94. The zero-order chi connectivity index (χ0) is 22.7. The Bertz CT molecular complexity index is 826. The lowest BCUT2D eigenvalue weighted by molar-refractivity contribution is -0.120. The average molecular weight is 441 g/mol. The van der Waals surface area contributed by atoms with E-state index < -0.39 is 0 Å². The van der Waals surface area contributed by atoms with Gasteiger partial charge in [0, 0.05) is 30.7 Å². The van der Waals surface area contributed by atoms with Crippen LogP contribution in [0.15, 0.2) is 24.3 Å². The van der Waals surface area contributed by atoms with Crippen LogP contribution in [0.5, 0.6) is 5.75 Å². The number of ether oxygens (including phenoxy) is 1. The summed E-state index contributed by atoms with van der Waals surface area (Å²) < 4.78 is 6.21. The molecular weight excluding hydrogens is 400 g/mol. The molecule has 1 heterocycles. The maximum absolute atomic E-state index is 12.8. The number of amides is 1. The van der Waals surface area contributed by atoms with Crippen LogP contribution in [0, 0.1) is 16.2 Å². The summed E-state index contributed by atoms with van der Waals surface area (Å²) in [5, 5.41) is 13.0. The van der Waals surface area contributed by atoms with Crippen molar-refractivity contribution in [1.29, 1.82) is 0 Å². The molecule has 176 valence electrons. The van der Waals surface area contributed by atoms with Gasteiger partial charge in [-0.05, 0) is 85.5 Å². The van der Waals surface area contributed by atoms with Crippen LogP contribution in [0.4, 0.5) is 0 Å². The van der Waals surface area contributed by atoms with E-state index in [-0.39, 0.29) is 28.9 Å². The van der Waals surface area contributed by atoms with Crippen molar-refractivity contribution >= 4 is 5.91 Å². The van der Waals surface area contributed by atoms with Gasteiger partial charge in [0.1, 0.15) is 5.75 Å². The number of aliphatic hydroxyl groups is 1. The van der Waals surface area contributed by atoms with Crippen LogP contribution < -0.4 is 10.1 Å². The van der Waals surface area contributed by atoms with Crippen molar-refractivity contribution < 1.29 is 14.6 Å². The molecule has 3 saturated carbocycles. The van der Waals surface area contributed by atoms with Crippen molar-refractivity contribution in [2.24, 2.45) is 16.2 Å². The van der Waals surface area contributed by atoms with Crippen molar-refractivity contribution in [3.63, 3.8) is 0 Å². The number of carbonyl (C=O) groups is 1. The Morgan fingerprint density at radius 1 is 1.00 bits per heavy atom. The molecule has 4 fully saturated rings. The first kappa shape index (κ1) is 22.2. The largest absolute Gasteiger partial charge is 0.490 e. The molecule has 1 aromatic rings. The Morgan fingerprint density at radius 3 is 2.16 bits per heavy atom. The van der Waals surface area contributed by atoms with Crippen LogP contribution in [-0.4, -0.2) is 53.3 Å². The molecule has 1 amide bonds. The zero-order valence-electron chi connectivity index (χ0n) is 20.2. The van der Waals surface area contributed by atoms with E-state index in [1.54, 1.807) is 0 Å². The smallest absolute Gasteiger partial charge is 0.251 e. The van der Waals surface area contributed by atoms with Gasteiger partial charge in [0.15, 0.2) is 0 Å². The molecule has 0 aromatic heterocycles. The number of carbonyl (C=O) groups excluding carboxylic acids is 1. The second kappa shape index (κ2) is 7.73. The highest BCUT2D eigenvalue weighted by atomic mass is 16.5. The first-order valence-electron chi connectivity index (χ1n) is 12.6. The fourth-order valence-electron chi connectivity index (χ4n) is 7.56. The molecule has 0 radical (unpaired) electrons. The fourth-order valence-corrected chi connectivity index (χ4v) is 7.56. The molecule has 0 atom stereocenters. The van der Waals surface area contributed by atoms with E-state index in [0.29, 0.717) is 23.1 Å². The highest BCUT2D eigenvalue weighted by Crippen LogP contribution is 2.58. The Morgan fingerprint density at radius 2 is 1.59 bits per heavy atom. The van der Waals surface area contributed by atoms with Gasteiger partial charge in [0.05, 0.1) is 12.2 Å². The van der Waals surface area contributed by atoms with Crippen molar-refractivity contribution in [3.8, 4) is 5.75 Å². The number of likely N-dealkylation sites (tertiary alicyclic amines) is 1.